The molecule has 0 saturated carbocycles. The van der Waals surface area contributed by atoms with Gasteiger partial charge in [-0.25, -0.2) is 0 Å². The average molecular weight is 406 g/mol. The second kappa shape index (κ2) is 7.58. The second-order valence-electron chi connectivity index (χ2n) is 6.35. The second-order valence-corrected chi connectivity index (χ2v) is 7.77. The van der Waals surface area contributed by atoms with Crippen molar-refractivity contribution in [2.24, 2.45) is 7.05 Å². The maximum absolute atomic E-state index is 13.1. The Morgan fingerprint density at radius 1 is 1.04 bits per heavy atom. The summed E-state index contributed by atoms with van der Waals surface area (Å²) < 4.78 is 1.53. The summed E-state index contributed by atoms with van der Waals surface area (Å²) in [5.41, 5.74) is 2.04. The van der Waals surface area contributed by atoms with Gasteiger partial charge in [0, 0.05) is 27.9 Å². The number of para-hydroxylation sites is 1. The van der Waals surface area contributed by atoms with Crippen molar-refractivity contribution in [2.45, 2.75) is 0 Å². The highest BCUT2D eigenvalue weighted by atomic mass is 35.5. The molecule has 0 unspecified atom stereocenters. The van der Waals surface area contributed by atoms with Gasteiger partial charge < -0.3 is 4.57 Å². The fourth-order valence-corrected chi connectivity index (χ4v) is 4.01. The lowest BCUT2D eigenvalue weighted by atomic mass is 9.93. The third kappa shape index (κ3) is 3.33. The number of thiophene rings is 1. The highest BCUT2D eigenvalue weighted by molar-refractivity contribution is 7.10. The van der Waals surface area contributed by atoms with E-state index in [0.29, 0.717) is 10.6 Å². The van der Waals surface area contributed by atoms with E-state index in [1.165, 1.54) is 22.0 Å². The van der Waals surface area contributed by atoms with Crippen LogP contribution in [0.3, 0.4) is 0 Å². The number of hydrogen-bond donors (Lipinski definition) is 0. The molecule has 0 N–H and O–H groups in total. The molecule has 2 heterocycles. The van der Waals surface area contributed by atoms with Crippen molar-refractivity contribution >= 4 is 45.7 Å². The SMILES string of the molecule is Cn1c(=O)c(C(=O)C=Cc2cccs2)c(-c2ccc(Cl)cc2)c2ccccc21. The summed E-state index contributed by atoms with van der Waals surface area (Å²) in [6.45, 7) is 0. The van der Waals surface area contributed by atoms with Gasteiger partial charge in [-0.15, -0.1) is 11.3 Å². The van der Waals surface area contributed by atoms with Gasteiger partial charge in [-0.05, 0) is 47.4 Å². The maximum Gasteiger partial charge on any atom is 0.262 e. The molecule has 3 nitrogen and oxygen atoms in total. The minimum Gasteiger partial charge on any atom is -0.311 e. The molecule has 2 aromatic carbocycles. The topological polar surface area (TPSA) is 39.1 Å². The monoisotopic (exact) mass is 405 g/mol. The number of rotatable bonds is 4. The van der Waals surface area contributed by atoms with Crippen LogP contribution >= 0.6 is 22.9 Å². The van der Waals surface area contributed by atoms with E-state index >= 15 is 0 Å². The molecule has 4 aromatic rings. The first-order valence-electron chi connectivity index (χ1n) is 8.70. The Kier molecular flexibility index (Phi) is 4.99. The van der Waals surface area contributed by atoms with Crippen LogP contribution < -0.4 is 5.56 Å². The largest absolute Gasteiger partial charge is 0.311 e. The summed E-state index contributed by atoms with van der Waals surface area (Å²) in [6.07, 6.45) is 3.21. The number of nitrogens with zero attached hydrogens (tertiary/aromatic N) is 1. The van der Waals surface area contributed by atoms with Crippen molar-refractivity contribution in [3.63, 3.8) is 0 Å². The molecule has 0 radical (unpaired) electrons. The highest BCUT2D eigenvalue weighted by Crippen LogP contribution is 2.31. The van der Waals surface area contributed by atoms with Crippen LogP contribution in [0, 0.1) is 0 Å². The number of ketones is 1. The van der Waals surface area contributed by atoms with Crippen molar-refractivity contribution in [3.05, 3.63) is 97.9 Å². The molecule has 28 heavy (non-hydrogen) atoms. The Hall–Kier alpha value is -2.95. The van der Waals surface area contributed by atoms with Crippen LogP contribution in [0.2, 0.25) is 5.02 Å². The fraction of sp³-hybridized carbons (Fsp3) is 0.0435. The van der Waals surface area contributed by atoms with Crippen molar-refractivity contribution in [1.82, 2.24) is 4.57 Å². The van der Waals surface area contributed by atoms with Gasteiger partial charge in [0.05, 0.1) is 11.1 Å². The normalized spacial score (nSPS) is 11.4. The third-order valence-electron chi connectivity index (χ3n) is 4.62. The van der Waals surface area contributed by atoms with Gasteiger partial charge in [-0.1, -0.05) is 48.0 Å². The van der Waals surface area contributed by atoms with E-state index in [4.69, 9.17) is 11.6 Å². The predicted molar refractivity (Wildman–Crippen MR) is 117 cm³/mol. The van der Waals surface area contributed by atoms with Crippen LogP contribution in [0.5, 0.6) is 0 Å². The molecule has 5 heteroatoms. The van der Waals surface area contributed by atoms with Crippen LogP contribution in [-0.4, -0.2) is 10.4 Å². The number of carbonyl (C=O) groups is 1. The molecular weight excluding hydrogens is 390 g/mol. The van der Waals surface area contributed by atoms with Crippen molar-refractivity contribution in [2.75, 3.05) is 0 Å². The summed E-state index contributed by atoms with van der Waals surface area (Å²) in [7, 11) is 1.69. The fourth-order valence-electron chi connectivity index (χ4n) is 3.27. The van der Waals surface area contributed by atoms with Gasteiger partial charge in [-0.2, -0.15) is 0 Å². The Morgan fingerprint density at radius 3 is 2.50 bits per heavy atom. The van der Waals surface area contributed by atoms with E-state index in [2.05, 4.69) is 0 Å². The molecule has 0 aliphatic carbocycles. The number of aryl methyl sites for hydroxylation is 1. The molecule has 0 atom stereocenters. The van der Waals surface area contributed by atoms with E-state index in [1.807, 2.05) is 53.9 Å². The Balaban J connectivity index is 2.00. The minimum absolute atomic E-state index is 0.163. The lowest BCUT2D eigenvalue weighted by Crippen LogP contribution is -2.25. The number of carbonyl (C=O) groups excluding carboxylic acids is 1. The lowest BCUT2D eigenvalue weighted by molar-refractivity contribution is 0.104. The van der Waals surface area contributed by atoms with Crippen LogP contribution in [0.4, 0.5) is 0 Å². The zero-order valence-electron chi connectivity index (χ0n) is 15.1. The maximum atomic E-state index is 13.1. The number of allylic oxidation sites excluding steroid dienone is 1. The Bertz CT molecular complexity index is 1250. The molecule has 138 valence electrons. The van der Waals surface area contributed by atoms with E-state index in [1.54, 1.807) is 25.3 Å². The molecule has 4 rings (SSSR count). The smallest absolute Gasteiger partial charge is 0.262 e. The van der Waals surface area contributed by atoms with E-state index in [0.717, 1.165) is 21.3 Å². The summed E-state index contributed by atoms with van der Waals surface area (Å²) >= 11 is 7.58. The van der Waals surface area contributed by atoms with Crippen LogP contribution in [0.25, 0.3) is 28.1 Å². The number of halogens is 1. The number of aromatic nitrogens is 1. The highest BCUT2D eigenvalue weighted by Gasteiger charge is 2.20. The van der Waals surface area contributed by atoms with Gasteiger partial charge in [0.2, 0.25) is 0 Å². The first-order valence-corrected chi connectivity index (χ1v) is 9.95. The zero-order chi connectivity index (χ0) is 19.7. The molecular formula is C23H16ClNO2S. The van der Waals surface area contributed by atoms with E-state index < -0.39 is 0 Å². The number of benzene rings is 2. The van der Waals surface area contributed by atoms with Crippen molar-refractivity contribution in [3.8, 4) is 11.1 Å². The number of hydrogen-bond acceptors (Lipinski definition) is 3. The Labute approximate surface area is 171 Å². The molecule has 0 aliphatic heterocycles. The molecule has 2 aromatic heterocycles. The molecule has 0 amide bonds. The van der Waals surface area contributed by atoms with E-state index in [-0.39, 0.29) is 16.9 Å². The van der Waals surface area contributed by atoms with Crippen LogP contribution in [-0.2, 0) is 7.05 Å². The summed E-state index contributed by atoms with van der Waals surface area (Å²) in [5, 5.41) is 3.39. The van der Waals surface area contributed by atoms with Gasteiger partial charge in [0.15, 0.2) is 5.78 Å². The third-order valence-corrected chi connectivity index (χ3v) is 5.71. The predicted octanol–water partition coefficient (Wildman–Crippen LogP) is 5.82. The molecule has 0 saturated heterocycles. The summed E-state index contributed by atoms with van der Waals surface area (Å²) in [6, 6.07) is 18.6. The molecule has 0 aliphatic rings. The quantitative estimate of drug-likeness (QED) is 0.317. The molecule has 0 fully saturated rings. The number of pyridine rings is 1. The average Bonchev–Trinajstić information content (AvgIpc) is 3.23. The lowest BCUT2D eigenvalue weighted by Gasteiger charge is -2.14. The van der Waals surface area contributed by atoms with Crippen molar-refractivity contribution in [1.29, 1.82) is 0 Å². The molecule has 0 spiro atoms. The zero-order valence-corrected chi connectivity index (χ0v) is 16.6. The van der Waals surface area contributed by atoms with Gasteiger partial charge >= 0.3 is 0 Å². The van der Waals surface area contributed by atoms with E-state index in [9.17, 15) is 9.59 Å². The first kappa shape index (κ1) is 18.4. The van der Waals surface area contributed by atoms with Gasteiger partial charge in [0.1, 0.15) is 0 Å². The number of fused-ring (bicyclic) bond motifs is 1. The van der Waals surface area contributed by atoms with Crippen LogP contribution in [0.1, 0.15) is 15.2 Å². The van der Waals surface area contributed by atoms with Crippen molar-refractivity contribution < 1.29 is 4.79 Å². The first-order chi connectivity index (χ1) is 13.6. The van der Waals surface area contributed by atoms with Gasteiger partial charge in [0.25, 0.3) is 5.56 Å². The minimum atomic E-state index is -0.315. The standard InChI is InChI=1S/C23H16ClNO2S/c1-25-19-7-3-2-6-18(19)21(15-8-10-16(24)11-9-15)22(23(25)27)20(26)13-12-17-5-4-14-28-17/h2-14H,1H3. The van der Waals surface area contributed by atoms with Gasteiger partial charge in [-0.3, -0.25) is 9.59 Å². The summed E-state index contributed by atoms with van der Waals surface area (Å²) in [5.74, 6) is -0.315. The molecule has 0 bridgehead atoms. The Morgan fingerprint density at radius 2 is 1.79 bits per heavy atom. The summed E-state index contributed by atoms with van der Waals surface area (Å²) in [4.78, 5) is 27.2. The van der Waals surface area contributed by atoms with Crippen LogP contribution in [0.15, 0.2) is 76.9 Å².